The van der Waals surface area contributed by atoms with Gasteiger partial charge >= 0.3 is 0 Å². The largest absolute Gasteiger partial charge is 0.361 e. The average molecular weight is 274 g/mol. The van der Waals surface area contributed by atoms with Gasteiger partial charge in [0.1, 0.15) is 0 Å². The lowest BCUT2D eigenvalue weighted by Crippen LogP contribution is -1.82. The van der Waals surface area contributed by atoms with Gasteiger partial charge in [0.15, 0.2) is 0 Å². The van der Waals surface area contributed by atoms with E-state index < -0.39 is 6.43 Å². The van der Waals surface area contributed by atoms with E-state index in [2.05, 4.69) is 11.1 Å². The van der Waals surface area contributed by atoms with Crippen LogP contribution in [0.5, 0.6) is 0 Å². The van der Waals surface area contributed by atoms with Crippen molar-refractivity contribution in [3.05, 3.63) is 46.3 Å². The van der Waals surface area contributed by atoms with Crippen molar-refractivity contribution >= 4 is 22.2 Å². The number of H-pyrrole nitrogens is 1. The second kappa shape index (κ2) is 4.48. The summed E-state index contributed by atoms with van der Waals surface area (Å²) in [5, 5.41) is 11.4. The van der Waals surface area contributed by atoms with Crippen LogP contribution in [0.1, 0.15) is 16.9 Å². The standard InChI is InChI=1S/C14H8F2N2S/c15-14(16)13-9(3-4-19-13)11-7-18-12-2-1-8(6-17)5-10(11)12/h1-5,7,14,18H. The van der Waals surface area contributed by atoms with Crippen LogP contribution in [-0.2, 0) is 0 Å². The predicted octanol–water partition coefficient (Wildman–Crippen LogP) is 4.71. The van der Waals surface area contributed by atoms with E-state index in [4.69, 9.17) is 5.26 Å². The normalized spacial score (nSPS) is 11.1. The van der Waals surface area contributed by atoms with E-state index in [1.165, 1.54) is 0 Å². The van der Waals surface area contributed by atoms with Crippen LogP contribution in [-0.4, -0.2) is 4.98 Å². The number of hydrogen-bond acceptors (Lipinski definition) is 2. The zero-order valence-corrected chi connectivity index (χ0v) is 10.5. The quantitative estimate of drug-likeness (QED) is 0.722. The molecule has 0 bridgehead atoms. The van der Waals surface area contributed by atoms with E-state index >= 15 is 0 Å². The summed E-state index contributed by atoms with van der Waals surface area (Å²) in [7, 11) is 0. The molecule has 2 heterocycles. The maximum Gasteiger partial charge on any atom is 0.273 e. The summed E-state index contributed by atoms with van der Waals surface area (Å²) in [6, 6.07) is 8.95. The van der Waals surface area contributed by atoms with E-state index in [-0.39, 0.29) is 4.88 Å². The van der Waals surface area contributed by atoms with Gasteiger partial charge in [-0.1, -0.05) is 0 Å². The van der Waals surface area contributed by atoms with Gasteiger partial charge in [0.05, 0.1) is 16.5 Å². The molecule has 0 radical (unpaired) electrons. The number of aromatic amines is 1. The summed E-state index contributed by atoms with van der Waals surface area (Å²) >= 11 is 1.05. The van der Waals surface area contributed by atoms with Crippen molar-refractivity contribution in [3.63, 3.8) is 0 Å². The van der Waals surface area contributed by atoms with Gasteiger partial charge in [-0.25, -0.2) is 8.78 Å². The van der Waals surface area contributed by atoms with Crippen LogP contribution in [0, 0.1) is 11.3 Å². The number of rotatable bonds is 2. The topological polar surface area (TPSA) is 39.6 Å². The second-order valence-electron chi connectivity index (χ2n) is 4.07. The number of aromatic nitrogens is 1. The Bertz CT molecular complexity index is 780. The van der Waals surface area contributed by atoms with E-state index in [0.29, 0.717) is 16.7 Å². The van der Waals surface area contributed by atoms with Gasteiger partial charge in [-0.05, 0) is 29.6 Å². The first-order valence-electron chi connectivity index (χ1n) is 5.58. The Labute approximate surface area is 111 Å². The third kappa shape index (κ3) is 1.90. The lowest BCUT2D eigenvalue weighted by atomic mass is 10.0. The third-order valence-corrected chi connectivity index (χ3v) is 3.92. The first-order chi connectivity index (χ1) is 9.20. The van der Waals surface area contributed by atoms with Crippen LogP contribution in [0.4, 0.5) is 8.78 Å². The molecule has 2 nitrogen and oxygen atoms in total. The summed E-state index contributed by atoms with van der Waals surface area (Å²) in [5.74, 6) is 0. The summed E-state index contributed by atoms with van der Waals surface area (Å²) in [6.45, 7) is 0. The number of nitrogens with zero attached hydrogens (tertiary/aromatic N) is 1. The molecule has 19 heavy (non-hydrogen) atoms. The third-order valence-electron chi connectivity index (χ3n) is 2.99. The fourth-order valence-corrected chi connectivity index (χ4v) is 2.88. The minimum absolute atomic E-state index is 0.0586. The molecular formula is C14H8F2N2S. The molecular weight excluding hydrogens is 266 g/mol. The molecule has 0 saturated carbocycles. The van der Waals surface area contributed by atoms with E-state index in [9.17, 15) is 8.78 Å². The monoisotopic (exact) mass is 274 g/mol. The Kier molecular flexibility index (Phi) is 2.80. The fraction of sp³-hybridized carbons (Fsp3) is 0.0714. The number of benzene rings is 1. The SMILES string of the molecule is N#Cc1ccc2[nH]cc(-c3ccsc3C(F)F)c2c1. The van der Waals surface area contributed by atoms with Crippen LogP contribution >= 0.6 is 11.3 Å². The van der Waals surface area contributed by atoms with Gasteiger partial charge in [-0.15, -0.1) is 11.3 Å². The number of thiophene rings is 1. The molecule has 0 aliphatic heterocycles. The number of fused-ring (bicyclic) bond motifs is 1. The molecule has 3 aromatic rings. The maximum absolute atomic E-state index is 12.9. The number of alkyl halides is 2. The molecule has 0 amide bonds. The Hall–Kier alpha value is -2.19. The number of nitrogens with one attached hydrogen (secondary N) is 1. The molecule has 1 N–H and O–H groups in total. The number of hydrogen-bond donors (Lipinski definition) is 1. The van der Waals surface area contributed by atoms with Crippen LogP contribution in [0.25, 0.3) is 22.0 Å². The highest BCUT2D eigenvalue weighted by Crippen LogP contribution is 2.38. The first-order valence-corrected chi connectivity index (χ1v) is 6.46. The minimum atomic E-state index is -2.49. The van der Waals surface area contributed by atoms with Crippen LogP contribution in [0.15, 0.2) is 35.8 Å². The number of nitriles is 1. The van der Waals surface area contributed by atoms with Crippen molar-refractivity contribution in [2.24, 2.45) is 0 Å². The van der Waals surface area contributed by atoms with Gasteiger partial charge in [0, 0.05) is 28.2 Å². The summed E-state index contributed by atoms with van der Waals surface area (Å²) in [4.78, 5) is 3.10. The van der Waals surface area contributed by atoms with Gasteiger partial charge in [-0.3, -0.25) is 0 Å². The molecule has 5 heteroatoms. The summed E-state index contributed by atoms with van der Waals surface area (Å²) in [6.07, 6.45) is -0.779. The van der Waals surface area contributed by atoms with Crippen molar-refractivity contribution in [2.75, 3.05) is 0 Å². The summed E-state index contributed by atoms with van der Waals surface area (Å²) in [5.41, 5.74) is 2.59. The lowest BCUT2D eigenvalue weighted by Gasteiger charge is -2.01. The van der Waals surface area contributed by atoms with Crippen molar-refractivity contribution < 1.29 is 8.78 Å². The van der Waals surface area contributed by atoms with Gasteiger partial charge in [-0.2, -0.15) is 5.26 Å². The van der Waals surface area contributed by atoms with E-state index in [1.54, 1.807) is 35.8 Å². The molecule has 0 spiro atoms. The molecule has 0 aliphatic rings. The maximum atomic E-state index is 12.9. The van der Waals surface area contributed by atoms with Gasteiger partial charge in [0.2, 0.25) is 0 Å². The highest BCUT2D eigenvalue weighted by molar-refractivity contribution is 7.10. The van der Waals surface area contributed by atoms with Crippen molar-refractivity contribution in [2.45, 2.75) is 6.43 Å². The second-order valence-corrected chi connectivity index (χ2v) is 5.02. The first kappa shape index (κ1) is 11.9. The Morgan fingerprint density at radius 3 is 2.79 bits per heavy atom. The van der Waals surface area contributed by atoms with Crippen LogP contribution in [0.3, 0.4) is 0 Å². The average Bonchev–Trinajstić information content (AvgIpc) is 3.03. The molecule has 0 unspecified atom stereocenters. The zero-order valence-electron chi connectivity index (χ0n) is 9.65. The Morgan fingerprint density at radius 2 is 2.05 bits per heavy atom. The molecule has 0 saturated heterocycles. The Morgan fingerprint density at radius 1 is 1.21 bits per heavy atom. The molecule has 2 aromatic heterocycles. The van der Waals surface area contributed by atoms with Gasteiger partial charge in [0.25, 0.3) is 6.43 Å². The van der Waals surface area contributed by atoms with E-state index in [0.717, 1.165) is 22.2 Å². The smallest absolute Gasteiger partial charge is 0.273 e. The van der Waals surface area contributed by atoms with Crippen LogP contribution in [0.2, 0.25) is 0 Å². The van der Waals surface area contributed by atoms with Crippen molar-refractivity contribution in [3.8, 4) is 17.2 Å². The molecule has 0 aliphatic carbocycles. The summed E-state index contributed by atoms with van der Waals surface area (Å²) < 4.78 is 25.9. The molecule has 0 fully saturated rings. The zero-order chi connectivity index (χ0) is 13.4. The molecule has 0 atom stereocenters. The highest BCUT2D eigenvalue weighted by atomic mass is 32.1. The fourth-order valence-electron chi connectivity index (χ4n) is 2.13. The minimum Gasteiger partial charge on any atom is -0.361 e. The Balaban J connectivity index is 2.25. The molecule has 3 rings (SSSR count). The van der Waals surface area contributed by atoms with E-state index in [1.807, 2.05) is 0 Å². The predicted molar refractivity (Wildman–Crippen MR) is 71.3 cm³/mol. The highest BCUT2D eigenvalue weighted by Gasteiger charge is 2.18. The van der Waals surface area contributed by atoms with Crippen molar-refractivity contribution in [1.82, 2.24) is 4.98 Å². The molecule has 1 aromatic carbocycles. The number of halogens is 2. The van der Waals surface area contributed by atoms with Crippen molar-refractivity contribution in [1.29, 1.82) is 5.26 Å². The van der Waals surface area contributed by atoms with Gasteiger partial charge < -0.3 is 4.98 Å². The molecule has 94 valence electrons. The van der Waals surface area contributed by atoms with Crippen LogP contribution < -0.4 is 0 Å². The lowest BCUT2D eigenvalue weighted by molar-refractivity contribution is 0.156.